The van der Waals surface area contributed by atoms with Crippen molar-refractivity contribution in [3.8, 4) is 0 Å². The summed E-state index contributed by atoms with van der Waals surface area (Å²) >= 11 is 1.49. The fourth-order valence-electron chi connectivity index (χ4n) is 2.34. The molecule has 1 N–H and O–H groups in total. The van der Waals surface area contributed by atoms with Gasteiger partial charge in [0, 0.05) is 6.20 Å². The Kier molecular flexibility index (Phi) is 2.89. The summed E-state index contributed by atoms with van der Waals surface area (Å²) in [6.07, 6.45) is 7.71. The van der Waals surface area contributed by atoms with Crippen LogP contribution in [0.1, 0.15) is 41.8 Å². The van der Waals surface area contributed by atoms with E-state index in [-0.39, 0.29) is 12.1 Å². The average Bonchev–Trinajstić information content (AvgIpc) is 2.90. The van der Waals surface area contributed by atoms with Gasteiger partial charge in [0.1, 0.15) is 11.0 Å². The van der Waals surface area contributed by atoms with Crippen molar-refractivity contribution >= 4 is 27.5 Å². The van der Waals surface area contributed by atoms with Crippen molar-refractivity contribution in [1.29, 1.82) is 0 Å². The van der Waals surface area contributed by atoms with Gasteiger partial charge in [-0.25, -0.2) is 4.79 Å². The number of esters is 1. The largest absolute Gasteiger partial charge is 0.458 e. The van der Waals surface area contributed by atoms with Gasteiger partial charge in [0.15, 0.2) is 0 Å². The molecule has 1 saturated carbocycles. The van der Waals surface area contributed by atoms with E-state index in [1.54, 1.807) is 0 Å². The lowest BCUT2D eigenvalue weighted by Gasteiger charge is -2.21. The Hall–Kier alpha value is -1.29. The topological polar surface area (TPSA) is 42.1 Å². The smallest absolute Gasteiger partial charge is 0.348 e. The molecule has 0 spiro atoms. The summed E-state index contributed by atoms with van der Waals surface area (Å²) in [4.78, 5) is 15.8. The van der Waals surface area contributed by atoms with Crippen LogP contribution in [0.5, 0.6) is 0 Å². The Morgan fingerprint density at radius 3 is 2.94 bits per heavy atom. The van der Waals surface area contributed by atoms with Crippen molar-refractivity contribution in [3.63, 3.8) is 0 Å². The van der Waals surface area contributed by atoms with Gasteiger partial charge >= 0.3 is 5.97 Å². The molecule has 0 bridgehead atoms. The van der Waals surface area contributed by atoms with E-state index in [0.717, 1.165) is 23.1 Å². The minimum Gasteiger partial charge on any atom is -0.458 e. The first-order valence-corrected chi connectivity index (χ1v) is 6.92. The summed E-state index contributed by atoms with van der Waals surface area (Å²) in [5.74, 6) is -0.161. The van der Waals surface area contributed by atoms with Crippen LogP contribution in [-0.4, -0.2) is 17.1 Å². The van der Waals surface area contributed by atoms with Crippen LogP contribution in [0, 0.1) is 0 Å². The third-order valence-corrected chi connectivity index (χ3v) is 4.34. The second-order valence-electron chi connectivity index (χ2n) is 4.53. The zero-order chi connectivity index (χ0) is 11.7. The Labute approximate surface area is 104 Å². The molecule has 0 atom stereocenters. The van der Waals surface area contributed by atoms with Gasteiger partial charge < -0.3 is 9.72 Å². The molecule has 2 aromatic heterocycles. The lowest BCUT2D eigenvalue weighted by molar-refractivity contribution is 0.0217. The molecule has 90 valence electrons. The second kappa shape index (κ2) is 4.53. The van der Waals surface area contributed by atoms with Crippen LogP contribution < -0.4 is 0 Å². The van der Waals surface area contributed by atoms with Gasteiger partial charge in [-0.1, -0.05) is 6.42 Å². The van der Waals surface area contributed by atoms with Crippen molar-refractivity contribution < 1.29 is 9.53 Å². The predicted molar refractivity (Wildman–Crippen MR) is 68.5 cm³/mol. The molecule has 3 nitrogen and oxygen atoms in total. The molecule has 1 fully saturated rings. The van der Waals surface area contributed by atoms with E-state index in [0.29, 0.717) is 4.88 Å². The fourth-order valence-corrected chi connectivity index (χ4v) is 3.25. The first-order valence-electron chi connectivity index (χ1n) is 6.11. The van der Waals surface area contributed by atoms with Gasteiger partial charge in [-0.2, -0.15) is 0 Å². The van der Waals surface area contributed by atoms with Crippen LogP contribution in [0.2, 0.25) is 0 Å². The quantitative estimate of drug-likeness (QED) is 0.824. The number of nitrogens with one attached hydrogen (secondary N) is 1. The van der Waals surface area contributed by atoms with Gasteiger partial charge in [-0.15, -0.1) is 11.3 Å². The average molecular weight is 249 g/mol. The number of carbonyl (C=O) groups is 1. The van der Waals surface area contributed by atoms with Crippen molar-refractivity contribution in [2.45, 2.75) is 38.2 Å². The van der Waals surface area contributed by atoms with Crippen molar-refractivity contribution in [2.75, 3.05) is 0 Å². The number of carbonyl (C=O) groups excluding carboxylic acids is 1. The Balaban J connectivity index is 1.71. The van der Waals surface area contributed by atoms with Crippen molar-refractivity contribution in [3.05, 3.63) is 23.2 Å². The molecule has 1 aliphatic rings. The lowest BCUT2D eigenvalue weighted by Crippen LogP contribution is -2.20. The van der Waals surface area contributed by atoms with Crippen molar-refractivity contribution in [1.82, 2.24) is 4.98 Å². The number of aromatic amines is 1. The molecule has 0 radical (unpaired) electrons. The minimum atomic E-state index is -0.161. The number of aromatic nitrogens is 1. The van der Waals surface area contributed by atoms with Crippen LogP contribution in [0.4, 0.5) is 0 Å². The highest BCUT2D eigenvalue weighted by atomic mass is 32.1. The molecular formula is C13H15NO2S. The molecule has 4 heteroatoms. The Morgan fingerprint density at radius 2 is 2.18 bits per heavy atom. The lowest BCUT2D eigenvalue weighted by atomic mass is 9.98. The molecule has 3 rings (SSSR count). The highest BCUT2D eigenvalue weighted by Gasteiger charge is 2.20. The zero-order valence-corrected chi connectivity index (χ0v) is 10.4. The number of thiophene rings is 1. The van der Waals surface area contributed by atoms with E-state index >= 15 is 0 Å². The minimum absolute atomic E-state index is 0.136. The van der Waals surface area contributed by atoms with Crippen LogP contribution in [0.15, 0.2) is 18.3 Å². The Morgan fingerprint density at radius 1 is 1.35 bits per heavy atom. The molecule has 0 amide bonds. The first-order chi connectivity index (χ1) is 8.33. The summed E-state index contributed by atoms with van der Waals surface area (Å²) in [6.45, 7) is 0. The highest BCUT2D eigenvalue weighted by molar-refractivity contribution is 7.20. The van der Waals surface area contributed by atoms with Gasteiger partial charge in [0.2, 0.25) is 0 Å². The first kappa shape index (κ1) is 10.8. The summed E-state index contributed by atoms with van der Waals surface area (Å²) in [5.41, 5.74) is 1.02. The fraction of sp³-hybridized carbons (Fsp3) is 0.462. The predicted octanol–water partition coefficient (Wildman–Crippen LogP) is 3.72. The maximum atomic E-state index is 12.0. The molecule has 0 unspecified atom stereocenters. The standard InChI is InChI=1S/C13H15NO2S/c15-13(16-9-4-2-1-3-5-9)12-8-10-11(17-12)6-7-14-10/h6-9,14H,1-5H2. The Bertz CT molecular complexity index is 494. The van der Waals surface area contributed by atoms with E-state index in [1.165, 1.54) is 30.6 Å². The molecule has 0 aromatic carbocycles. The van der Waals surface area contributed by atoms with Gasteiger partial charge in [-0.3, -0.25) is 0 Å². The third-order valence-electron chi connectivity index (χ3n) is 3.26. The number of hydrogen-bond donors (Lipinski definition) is 1. The molecule has 2 aromatic rings. The van der Waals surface area contributed by atoms with Crippen LogP contribution in [0.25, 0.3) is 10.2 Å². The molecule has 17 heavy (non-hydrogen) atoms. The molecule has 2 heterocycles. The molecule has 1 aliphatic carbocycles. The van der Waals surface area contributed by atoms with Gasteiger partial charge in [0.25, 0.3) is 0 Å². The molecule has 0 aliphatic heterocycles. The highest BCUT2D eigenvalue weighted by Crippen LogP contribution is 2.27. The number of fused-ring (bicyclic) bond motifs is 1. The molecule has 0 saturated heterocycles. The number of hydrogen-bond acceptors (Lipinski definition) is 3. The van der Waals surface area contributed by atoms with E-state index in [2.05, 4.69) is 4.98 Å². The van der Waals surface area contributed by atoms with Crippen molar-refractivity contribution in [2.24, 2.45) is 0 Å². The maximum absolute atomic E-state index is 12.0. The van der Waals surface area contributed by atoms with Gasteiger partial charge in [-0.05, 0) is 37.8 Å². The van der Waals surface area contributed by atoms with Gasteiger partial charge in [0.05, 0.1) is 10.2 Å². The summed E-state index contributed by atoms with van der Waals surface area (Å²) < 4.78 is 6.65. The van der Waals surface area contributed by atoms with E-state index in [1.807, 2.05) is 18.3 Å². The SMILES string of the molecule is O=C(OC1CCCCC1)c1cc2[nH]ccc2s1. The van der Waals surface area contributed by atoms with E-state index in [4.69, 9.17) is 4.74 Å². The van der Waals surface area contributed by atoms with E-state index < -0.39 is 0 Å². The number of rotatable bonds is 2. The summed E-state index contributed by atoms with van der Waals surface area (Å²) in [6, 6.07) is 3.86. The zero-order valence-electron chi connectivity index (χ0n) is 9.57. The molecular weight excluding hydrogens is 234 g/mol. The summed E-state index contributed by atoms with van der Waals surface area (Å²) in [7, 11) is 0. The van der Waals surface area contributed by atoms with Crippen LogP contribution in [-0.2, 0) is 4.74 Å². The van der Waals surface area contributed by atoms with E-state index in [9.17, 15) is 4.79 Å². The third kappa shape index (κ3) is 2.22. The maximum Gasteiger partial charge on any atom is 0.348 e. The number of ether oxygens (including phenoxy) is 1. The van der Waals surface area contributed by atoms with Crippen LogP contribution >= 0.6 is 11.3 Å². The normalized spacial score (nSPS) is 17.4. The monoisotopic (exact) mass is 249 g/mol. The van der Waals surface area contributed by atoms with Crippen LogP contribution in [0.3, 0.4) is 0 Å². The number of H-pyrrole nitrogens is 1. The summed E-state index contributed by atoms with van der Waals surface area (Å²) in [5, 5.41) is 0. The second-order valence-corrected chi connectivity index (χ2v) is 5.62.